The van der Waals surface area contributed by atoms with Crippen LogP contribution in [0.1, 0.15) is 35.2 Å². The Hall–Kier alpha value is -2.56. The number of nitrogens with one attached hydrogen (secondary N) is 1. The molecule has 1 aromatic carbocycles. The monoisotopic (exact) mass is 301 g/mol. The predicted octanol–water partition coefficient (Wildman–Crippen LogP) is 2.75. The molecule has 5 heteroatoms. The number of benzene rings is 1. The van der Waals surface area contributed by atoms with Crippen LogP contribution in [0.4, 0.5) is 0 Å². The highest BCUT2D eigenvalue weighted by Gasteiger charge is 2.39. The van der Waals surface area contributed by atoms with Crippen LogP contribution in [-0.4, -0.2) is 23.5 Å². The van der Waals surface area contributed by atoms with E-state index in [9.17, 15) is 14.7 Å². The van der Waals surface area contributed by atoms with Gasteiger partial charge in [0.15, 0.2) is 5.76 Å². The molecule has 2 N–H and O–H groups in total. The van der Waals surface area contributed by atoms with E-state index in [1.165, 1.54) is 0 Å². The fourth-order valence-corrected chi connectivity index (χ4v) is 2.41. The van der Waals surface area contributed by atoms with Crippen LogP contribution in [0.25, 0.3) is 0 Å². The second kappa shape index (κ2) is 6.47. The summed E-state index contributed by atoms with van der Waals surface area (Å²) >= 11 is 0. The van der Waals surface area contributed by atoms with Gasteiger partial charge in [0.1, 0.15) is 11.2 Å². The van der Waals surface area contributed by atoms with E-state index in [2.05, 4.69) is 5.32 Å². The Morgan fingerprint density at radius 3 is 2.36 bits per heavy atom. The van der Waals surface area contributed by atoms with Gasteiger partial charge in [0.2, 0.25) is 0 Å². The van der Waals surface area contributed by atoms with Crippen LogP contribution in [-0.2, 0) is 10.2 Å². The summed E-state index contributed by atoms with van der Waals surface area (Å²) in [6.07, 6.45) is 0.365. The van der Waals surface area contributed by atoms with Crippen molar-refractivity contribution < 1.29 is 19.1 Å². The van der Waals surface area contributed by atoms with Crippen LogP contribution in [0.5, 0.6) is 0 Å². The minimum Gasteiger partial charge on any atom is -0.481 e. The Morgan fingerprint density at radius 2 is 1.86 bits per heavy atom. The third-order valence-corrected chi connectivity index (χ3v) is 3.85. The first kappa shape index (κ1) is 15.8. The molecule has 0 spiro atoms. The first-order chi connectivity index (χ1) is 10.5. The number of rotatable bonds is 6. The van der Waals surface area contributed by atoms with E-state index < -0.39 is 17.3 Å². The smallest absolute Gasteiger partial charge is 0.315 e. The maximum Gasteiger partial charge on any atom is 0.315 e. The van der Waals surface area contributed by atoms with Gasteiger partial charge in [-0.3, -0.25) is 9.59 Å². The van der Waals surface area contributed by atoms with Gasteiger partial charge < -0.3 is 14.8 Å². The van der Waals surface area contributed by atoms with Crippen LogP contribution < -0.4 is 5.32 Å². The standard InChI is InChI=1S/C17H19NO4/c1-3-17(16(20)21,13-7-5-4-6-8-13)11-18-15(19)14-10-9-12(2)22-14/h4-10H,3,11H2,1-2H3,(H,18,19)(H,20,21). The summed E-state index contributed by atoms with van der Waals surface area (Å²) in [5.41, 5.74) is -0.487. The van der Waals surface area contributed by atoms with E-state index in [-0.39, 0.29) is 12.3 Å². The van der Waals surface area contributed by atoms with Crippen molar-refractivity contribution in [3.8, 4) is 0 Å². The second-order valence-corrected chi connectivity index (χ2v) is 5.20. The number of hydrogen-bond donors (Lipinski definition) is 2. The van der Waals surface area contributed by atoms with Gasteiger partial charge in [-0.05, 0) is 31.0 Å². The van der Waals surface area contributed by atoms with Crippen molar-refractivity contribution in [3.05, 3.63) is 59.5 Å². The van der Waals surface area contributed by atoms with Crippen LogP contribution in [0, 0.1) is 6.92 Å². The van der Waals surface area contributed by atoms with Gasteiger partial charge in [0, 0.05) is 6.54 Å². The van der Waals surface area contributed by atoms with E-state index in [0.717, 1.165) is 0 Å². The number of carboxylic acids is 1. The number of furan rings is 1. The molecule has 0 saturated carbocycles. The largest absolute Gasteiger partial charge is 0.481 e. The molecule has 1 heterocycles. The Kier molecular flexibility index (Phi) is 4.65. The topological polar surface area (TPSA) is 79.5 Å². The highest BCUT2D eigenvalue weighted by Crippen LogP contribution is 2.28. The second-order valence-electron chi connectivity index (χ2n) is 5.20. The zero-order valence-electron chi connectivity index (χ0n) is 12.6. The molecule has 2 rings (SSSR count). The lowest BCUT2D eigenvalue weighted by molar-refractivity contribution is -0.143. The van der Waals surface area contributed by atoms with Crippen LogP contribution in [0.2, 0.25) is 0 Å². The summed E-state index contributed by atoms with van der Waals surface area (Å²) in [5.74, 6) is -0.561. The van der Waals surface area contributed by atoms with Crippen molar-refractivity contribution in [2.24, 2.45) is 0 Å². The lowest BCUT2D eigenvalue weighted by Gasteiger charge is -2.28. The maximum atomic E-state index is 12.1. The molecule has 1 unspecified atom stereocenters. The molecule has 0 aliphatic carbocycles. The summed E-state index contributed by atoms with van der Waals surface area (Å²) < 4.78 is 5.25. The van der Waals surface area contributed by atoms with Gasteiger partial charge in [-0.25, -0.2) is 0 Å². The van der Waals surface area contributed by atoms with E-state index in [1.807, 2.05) is 6.07 Å². The summed E-state index contributed by atoms with van der Waals surface area (Å²) in [5, 5.41) is 12.4. The molecule has 0 fully saturated rings. The molecule has 116 valence electrons. The summed E-state index contributed by atoms with van der Waals surface area (Å²) in [6.45, 7) is 3.54. The maximum absolute atomic E-state index is 12.1. The molecule has 5 nitrogen and oxygen atoms in total. The number of carboxylic acid groups (broad SMARTS) is 1. The molecule has 0 aliphatic rings. The molecule has 2 aromatic rings. The minimum atomic E-state index is -1.15. The number of carbonyl (C=O) groups excluding carboxylic acids is 1. The van der Waals surface area contributed by atoms with Crippen molar-refractivity contribution >= 4 is 11.9 Å². The van der Waals surface area contributed by atoms with Gasteiger partial charge in [-0.2, -0.15) is 0 Å². The summed E-state index contributed by atoms with van der Waals surface area (Å²) in [7, 11) is 0. The fourth-order valence-electron chi connectivity index (χ4n) is 2.41. The van der Waals surface area contributed by atoms with Crippen molar-refractivity contribution in [1.29, 1.82) is 0 Å². The average Bonchev–Trinajstić information content (AvgIpc) is 2.95. The van der Waals surface area contributed by atoms with Crippen LogP contribution in [0.15, 0.2) is 46.9 Å². The number of aliphatic carboxylic acids is 1. The van der Waals surface area contributed by atoms with Gasteiger partial charge in [-0.1, -0.05) is 37.3 Å². The average molecular weight is 301 g/mol. The normalized spacial score (nSPS) is 13.4. The molecule has 0 saturated heterocycles. The van der Waals surface area contributed by atoms with E-state index in [1.54, 1.807) is 50.2 Å². The number of aryl methyl sites for hydroxylation is 1. The summed E-state index contributed by atoms with van der Waals surface area (Å²) in [6, 6.07) is 12.2. The highest BCUT2D eigenvalue weighted by atomic mass is 16.4. The third kappa shape index (κ3) is 3.03. The third-order valence-electron chi connectivity index (χ3n) is 3.85. The molecule has 1 amide bonds. The van der Waals surface area contributed by atoms with E-state index in [4.69, 9.17) is 4.42 Å². The van der Waals surface area contributed by atoms with E-state index in [0.29, 0.717) is 17.7 Å². The van der Waals surface area contributed by atoms with Gasteiger partial charge in [0.25, 0.3) is 5.91 Å². The Labute approximate surface area is 129 Å². The Morgan fingerprint density at radius 1 is 1.18 bits per heavy atom. The first-order valence-corrected chi connectivity index (χ1v) is 7.13. The molecular formula is C17H19NO4. The number of hydrogen-bond acceptors (Lipinski definition) is 3. The fraction of sp³-hybridized carbons (Fsp3) is 0.294. The van der Waals surface area contributed by atoms with Crippen molar-refractivity contribution in [2.45, 2.75) is 25.7 Å². The lowest BCUT2D eigenvalue weighted by Crippen LogP contribution is -2.46. The molecule has 1 atom stereocenters. The quantitative estimate of drug-likeness (QED) is 0.860. The zero-order valence-corrected chi connectivity index (χ0v) is 12.6. The number of carbonyl (C=O) groups is 2. The summed E-state index contributed by atoms with van der Waals surface area (Å²) in [4.78, 5) is 23.9. The van der Waals surface area contributed by atoms with Crippen molar-refractivity contribution in [3.63, 3.8) is 0 Å². The Bertz CT molecular complexity index is 662. The zero-order chi connectivity index (χ0) is 16.2. The van der Waals surface area contributed by atoms with E-state index >= 15 is 0 Å². The minimum absolute atomic E-state index is 0.00142. The Balaban J connectivity index is 2.21. The molecule has 0 bridgehead atoms. The molecular weight excluding hydrogens is 282 g/mol. The lowest BCUT2D eigenvalue weighted by atomic mass is 9.78. The predicted molar refractivity (Wildman–Crippen MR) is 81.8 cm³/mol. The van der Waals surface area contributed by atoms with Crippen molar-refractivity contribution in [2.75, 3.05) is 6.54 Å². The van der Waals surface area contributed by atoms with Crippen LogP contribution in [0.3, 0.4) is 0 Å². The number of amides is 1. The molecule has 0 aliphatic heterocycles. The highest BCUT2D eigenvalue weighted by molar-refractivity contribution is 5.92. The molecule has 1 aromatic heterocycles. The molecule has 0 radical (unpaired) electrons. The SMILES string of the molecule is CCC(CNC(=O)c1ccc(C)o1)(C(=O)O)c1ccccc1. The first-order valence-electron chi connectivity index (χ1n) is 7.13. The van der Waals surface area contributed by atoms with Crippen molar-refractivity contribution in [1.82, 2.24) is 5.32 Å². The van der Waals surface area contributed by atoms with Gasteiger partial charge >= 0.3 is 5.97 Å². The molecule has 22 heavy (non-hydrogen) atoms. The van der Waals surface area contributed by atoms with Gasteiger partial charge in [0.05, 0.1) is 0 Å². The van der Waals surface area contributed by atoms with Gasteiger partial charge in [-0.15, -0.1) is 0 Å². The van der Waals surface area contributed by atoms with Crippen LogP contribution >= 0.6 is 0 Å².